The lowest BCUT2D eigenvalue weighted by molar-refractivity contribution is 0.325. The molecule has 0 amide bonds. The predicted octanol–water partition coefficient (Wildman–Crippen LogP) is 4.63. The topological polar surface area (TPSA) is 20.2 Å². The molecule has 1 rings (SSSR count). The number of phenols is 1. The second-order valence-corrected chi connectivity index (χ2v) is 8.19. The van der Waals surface area contributed by atoms with Crippen LogP contribution in [-0.2, 0) is 0 Å². The Morgan fingerprint density at radius 2 is 0.947 bits per heavy atom. The predicted molar refractivity (Wildman–Crippen MR) is 65.1 cm³/mol. The minimum atomic E-state index is -2.29. The first-order valence-corrected chi connectivity index (χ1v) is 8.46. The van der Waals surface area contributed by atoms with Crippen molar-refractivity contribution in [3.8, 4) is 5.75 Å². The Labute approximate surface area is 113 Å². The van der Waals surface area contributed by atoms with Crippen molar-refractivity contribution in [2.45, 2.75) is 36.6 Å². The van der Waals surface area contributed by atoms with Crippen molar-refractivity contribution in [1.29, 1.82) is 0 Å². The lowest BCUT2D eigenvalue weighted by Gasteiger charge is -2.00. The summed E-state index contributed by atoms with van der Waals surface area (Å²) in [6.45, 7) is 6.97. The molecule has 0 aromatic heterocycles. The molecule has 0 saturated heterocycles. The molecule has 0 saturated carbocycles. The summed E-state index contributed by atoms with van der Waals surface area (Å²) in [6.07, 6.45) is 0. The molecule has 1 nitrogen and oxygen atoms in total. The SMILES string of the molecule is C[CH2][Al]([CH2]C)[CH2]C.Oc1c(F)c(F)c(F)c(F)c1F. The van der Waals surface area contributed by atoms with E-state index >= 15 is 0 Å². The Bertz CT molecular complexity index is 311. The van der Waals surface area contributed by atoms with Crippen LogP contribution in [0, 0.1) is 29.1 Å². The Hall–Kier alpha value is -0.798. The summed E-state index contributed by atoms with van der Waals surface area (Å²) in [6, 6.07) is 0. The average molecular weight is 298 g/mol. The molecule has 0 radical (unpaired) electrons. The molecule has 0 aliphatic rings. The average Bonchev–Trinajstić information content (AvgIpc) is 2.43. The van der Waals surface area contributed by atoms with Crippen LogP contribution < -0.4 is 0 Å². The monoisotopic (exact) mass is 298 g/mol. The van der Waals surface area contributed by atoms with Gasteiger partial charge in [0.05, 0.1) is 0 Å². The molecule has 0 atom stereocenters. The summed E-state index contributed by atoms with van der Waals surface area (Å²) in [4.78, 5) is 0. The minimum Gasteiger partial charge on any atom is -0.503 e. The highest BCUT2D eigenvalue weighted by atomic mass is 27.2. The molecular weight excluding hydrogens is 282 g/mol. The standard InChI is InChI=1S/C6HF5O.3C2H5.Al/c7-1-2(8)4(10)6(12)5(11)3(1)9;3*1-2;/h12H;3*1H2,2H3;. The van der Waals surface area contributed by atoms with Gasteiger partial charge in [-0.25, -0.2) is 13.2 Å². The van der Waals surface area contributed by atoms with Crippen LogP contribution in [0.1, 0.15) is 20.8 Å². The van der Waals surface area contributed by atoms with E-state index in [-0.39, 0.29) is 14.1 Å². The van der Waals surface area contributed by atoms with Crippen molar-refractivity contribution in [1.82, 2.24) is 0 Å². The molecule has 19 heavy (non-hydrogen) atoms. The molecule has 108 valence electrons. The number of phenolic OH excluding ortho intramolecular Hbond substituents is 1. The lowest BCUT2D eigenvalue weighted by atomic mass is 10.3. The van der Waals surface area contributed by atoms with Crippen LogP contribution in [0.25, 0.3) is 0 Å². The third-order valence-electron chi connectivity index (χ3n) is 2.92. The van der Waals surface area contributed by atoms with Gasteiger partial charge in [-0.2, -0.15) is 8.78 Å². The van der Waals surface area contributed by atoms with Crippen LogP contribution in [0.15, 0.2) is 0 Å². The maximum absolute atomic E-state index is 12.2. The molecule has 0 aliphatic carbocycles. The van der Waals surface area contributed by atoms with Crippen LogP contribution in [0.2, 0.25) is 15.8 Å². The van der Waals surface area contributed by atoms with E-state index in [4.69, 9.17) is 5.11 Å². The number of halogens is 5. The molecule has 1 aromatic carbocycles. The van der Waals surface area contributed by atoms with Gasteiger partial charge in [-0.05, 0) is 0 Å². The summed E-state index contributed by atoms with van der Waals surface area (Å²) in [7, 11) is 0. The number of hydrogen-bond donors (Lipinski definition) is 1. The van der Waals surface area contributed by atoms with Gasteiger partial charge in [0.15, 0.2) is 5.75 Å². The molecule has 0 bridgehead atoms. The van der Waals surface area contributed by atoms with Crippen LogP contribution in [0.3, 0.4) is 0 Å². The maximum Gasteiger partial charge on any atom is 0.261 e. The second kappa shape index (κ2) is 8.39. The molecule has 7 heteroatoms. The number of aromatic hydroxyl groups is 1. The largest absolute Gasteiger partial charge is 0.503 e. The fraction of sp³-hybridized carbons (Fsp3) is 0.500. The van der Waals surface area contributed by atoms with E-state index in [0.29, 0.717) is 0 Å². The van der Waals surface area contributed by atoms with Crippen LogP contribution >= 0.6 is 0 Å². The molecule has 0 aliphatic heterocycles. The third kappa shape index (κ3) is 4.66. The van der Waals surface area contributed by atoms with Gasteiger partial charge in [-0.1, -0.05) is 36.6 Å². The van der Waals surface area contributed by atoms with Gasteiger partial charge in [0, 0.05) is 0 Å². The van der Waals surface area contributed by atoms with E-state index in [1.165, 1.54) is 15.8 Å². The van der Waals surface area contributed by atoms with E-state index in [2.05, 4.69) is 20.8 Å². The van der Waals surface area contributed by atoms with Gasteiger partial charge in [0.25, 0.3) is 14.1 Å². The molecule has 1 aromatic rings. The van der Waals surface area contributed by atoms with Crippen molar-refractivity contribution in [2.24, 2.45) is 0 Å². The number of benzene rings is 1. The van der Waals surface area contributed by atoms with E-state index in [1.54, 1.807) is 0 Å². The summed E-state index contributed by atoms with van der Waals surface area (Å²) >= 11 is -0.171. The first-order valence-electron chi connectivity index (χ1n) is 6.01. The van der Waals surface area contributed by atoms with Crippen molar-refractivity contribution in [3.63, 3.8) is 0 Å². The number of rotatable bonds is 3. The summed E-state index contributed by atoms with van der Waals surface area (Å²) < 4.78 is 60.6. The smallest absolute Gasteiger partial charge is 0.261 e. The molecule has 0 heterocycles. The van der Waals surface area contributed by atoms with Crippen LogP contribution in [-0.4, -0.2) is 19.3 Å². The maximum atomic E-state index is 12.2. The summed E-state index contributed by atoms with van der Waals surface area (Å²) in [5, 5.41) is 12.8. The van der Waals surface area contributed by atoms with E-state index in [9.17, 15) is 22.0 Å². The second-order valence-electron chi connectivity index (χ2n) is 4.01. The highest BCUT2D eigenvalue weighted by molar-refractivity contribution is 6.58. The van der Waals surface area contributed by atoms with Gasteiger partial charge in [0.1, 0.15) is 0 Å². The Kier molecular flexibility index (Phi) is 8.04. The van der Waals surface area contributed by atoms with E-state index < -0.39 is 34.8 Å². The first kappa shape index (κ1) is 18.2. The Balaban J connectivity index is 0.000000399. The van der Waals surface area contributed by atoms with E-state index in [0.717, 1.165) is 0 Å². The van der Waals surface area contributed by atoms with Crippen molar-refractivity contribution in [2.75, 3.05) is 0 Å². The van der Waals surface area contributed by atoms with Gasteiger partial charge in [-0.3, -0.25) is 0 Å². The molecule has 1 N–H and O–H groups in total. The zero-order valence-electron chi connectivity index (χ0n) is 11.0. The fourth-order valence-electron chi connectivity index (χ4n) is 1.46. The van der Waals surface area contributed by atoms with Gasteiger partial charge >= 0.3 is 0 Å². The molecule has 0 spiro atoms. The van der Waals surface area contributed by atoms with Crippen molar-refractivity contribution in [3.05, 3.63) is 29.1 Å². The van der Waals surface area contributed by atoms with E-state index in [1.807, 2.05) is 0 Å². The normalized spacial score (nSPS) is 9.89. The highest BCUT2D eigenvalue weighted by Crippen LogP contribution is 2.27. The van der Waals surface area contributed by atoms with Gasteiger partial charge in [0.2, 0.25) is 29.1 Å². The zero-order chi connectivity index (χ0) is 15.2. The molecular formula is C12H16AlF5O. The Morgan fingerprint density at radius 1 is 0.684 bits per heavy atom. The van der Waals surface area contributed by atoms with Crippen molar-refractivity contribution >= 4 is 14.1 Å². The molecule has 0 unspecified atom stereocenters. The quantitative estimate of drug-likeness (QED) is 0.373. The zero-order valence-corrected chi connectivity index (χ0v) is 12.2. The third-order valence-corrected chi connectivity index (χ3v) is 6.38. The number of hydrogen-bond acceptors (Lipinski definition) is 1. The van der Waals surface area contributed by atoms with Gasteiger partial charge < -0.3 is 5.11 Å². The summed E-state index contributed by atoms with van der Waals surface area (Å²) in [5.74, 6) is -12.9. The van der Waals surface area contributed by atoms with Gasteiger partial charge in [-0.15, -0.1) is 0 Å². The highest BCUT2D eigenvalue weighted by Gasteiger charge is 2.24. The molecule has 0 fully saturated rings. The van der Waals surface area contributed by atoms with Crippen molar-refractivity contribution < 1.29 is 27.1 Å². The Morgan fingerprint density at radius 3 is 1.16 bits per heavy atom. The first-order chi connectivity index (χ1) is 8.81. The minimum absolute atomic E-state index is 0.171. The fourth-order valence-corrected chi connectivity index (χ4v) is 3.19. The van der Waals surface area contributed by atoms with Crippen LogP contribution in [0.5, 0.6) is 5.75 Å². The lowest BCUT2D eigenvalue weighted by Crippen LogP contribution is -2.04. The summed E-state index contributed by atoms with van der Waals surface area (Å²) in [5.41, 5.74) is 0. The van der Waals surface area contributed by atoms with Crippen LogP contribution in [0.4, 0.5) is 22.0 Å².